The maximum Gasteiger partial charge on any atom is 0.293 e. The number of benzene rings is 3. The van der Waals surface area contributed by atoms with Gasteiger partial charge in [0.25, 0.3) is 6.47 Å². The Labute approximate surface area is 182 Å². The Kier molecular flexibility index (Phi) is 6.22. The number of carbonyl (C=O) groups excluding carboxylic acids is 1. The van der Waals surface area contributed by atoms with Crippen LogP contribution in [0.3, 0.4) is 0 Å². The van der Waals surface area contributed by atoms with Gasteiger partial charge in [-0.1, -0.05) is 97.9 Å². The zero-order valence-electron chi connectivity index (χ0n) is 17.4. The normalized spacial score (nSPS) is 12.3. The molecule has 0 radical (unpaired) electrons. The van der Waals surface area contributed by atoms with Crippen LogP contribution in [-0.2, 0) is 27.8 Å². The van der Waals surface area contributed by atoms with Crippen LogP contribution in [0, 0.1) is 0 Å². The highest BCUT2D eigenvalue weighted by Crippen LogP contribution is 2.44. The fourth-order valence-corrected chi connectivity index (χ4v) is 4.29. The van der Waals surface area contributed by atoms with Gasteiger partial charge in [0.2, 0.25) is 0 Å². The lowest BCUT2D eigenvalue weighted by Gasteiger charge is -2.41. The molecule has 0 aliphatic rings. The van der Waals surface area contributed by atoms with E-state index in [2.05, 4.69) is 51.6 Å². The van der Waals surface area contributed by atoms with Crippen LogP contribution in [0.5, 0.6) is 0 Å². The highest BCUT2D eigenvalue weighted by molar-refractivity contribution is 5.53. The third-order valence-electron chi connectivity index (χ3n) is 5.66. The van der Waals surface area contributed by atoms with Crippen LogP contribution in [0.4, 0.5) is 0 Å². The van der Waals surface area contributed by atoms with Gasteiger partial charge in [0, 0.05) is 12.8 Å². The first-order valence-electron chi connectivity index (χ1n) is 10.4. The second-order valence-corrected chi connectivity index (χ2v) is 7.38. The minimum atomic E-state index is -0.732. The molecule has 4 aromatic rings. The Morgan fingerprint density at radius 3 is 1.74 bits per heavy atom. The molecule has 5 nitrogen and oxygen atoms in total. The maximum atomic E-state index is 11.7. The first-order valence-corrected chi connectivity index (χ1v) is 10.4. The van der Waals surface area contributed by atoms with Crippen LogP contribution < -0.4 is 0 Å². The van der Waals surface area contributed by atoms with E-state index in [0.717, 1.165) is 28.9 Å². The molecular weight excluding hydrogens is 386 g/mol. The van der Waals surface area contributed by atoms with Crippen molar-refractivity contribution in [2.24, 2.45) is 0 Å². The second kappa shape index (κ2) is 9.39. The van der Waals surface area contributed by atoms with Crippen molar-refractivity contribution in [2.45, 2.75) is 31.3 Å². The zero-order chi connectivity index (χ0) is 21.5. The summed E-state index contributed by atoms with van der Waals surface area (Å²) in [6, 6.07) is 30.5. The first-order chi connectivity index (χ1) is 15.3. The Hall–Kier alpha value is -3.73. The summed E-state index contributed by atoms with van der Waals surface area (Å²) in [5.74, 6) is 1.43. The number of nitrogens with one attached hydrogen (secondary N) is 1. The number of rotatable bonds is 9. The second-order valence-electron chi connectivity index (χ2n) is 7.38. The highest BCUT2D eigenvalue weighted by Gasteiger charge is 2.45. The number of aromatic nitrogens is 3. The SMILES string of the molecule is CCc1n[nH]c(CC(OC=O)C(c2ccccc2)(c2ccccc2)c2ccccc2)n1. The molecule has 0 fully saturated rings. The van der Waals surface area contributed by atoms with Gasteiger partial charge >= 0.3 is 0 Å². The largest absolute Gasteiger partial charge is 0.462 e. The average molecular weight is 412 g/mol. The number of carbonyl (C=O) groups is 1. The summed E-state index contributed by atoms with van der Waals surface area (Å²) in [6.45, 7) is 2.54. The van der Waals surface area contributed by atoms with E-state index in [1.165, 1.54) is 0 Å². The van der Waals surface area contributed by atoms with Crippen molar-refractivity contribution in [3.05, 3.63) is 119 Å². The molecule has 156 valence electrons. The van der Waals surface area contributed by atoms with Gasteiger partial charge < -0.3 is 4.74 Å². The smallest absolute Gasteiger partial charge is 0.293 e. The van der Waals surface area contributed by atoms with Crippen molar-refractivity contribution in [1.82, 2.24) is 15.2 Å². The standard InChI is InChI=1S/C26H25N3O2/c1-2-24-27-25(29-28-24)18-23(31-19-30)26(20-12-6-3-7-13-20,21-14-8-4-9-15-21)22-16-10-5-11-17-22/h3-17,19,23H,2,18H2,1H3,(H,27,28,29). The lowest BCUT2D eigenvalue weighted by molar-refractivity contribution is -0.135. The van der Waals surface area contributed by atoms with Crippen molar-refractivity contribution >= 4 is 6.47 Å². The molecule has 1 N–H and O–H groups in total. The minimum absolute atomic E-state index is 0.393. The van der Waals surface area contributed by atoms with Gasteiger partial charge in [0.1, 0.15) is 17.8 Å². The molecule has 0 saturated heterocycles. The monoisotopic (exact) mass is 411 g/mol. The number of hydrogen-bond acceptors (Lipinski definition) is 4. The van der Waals surface area contributed by atoms with E-state index in [4.69, 9.17) is 4.74 Å². The van der Waals surface area contributed by atoms with Crippen molar-refractivity contribution in [2.75, 3.05) is 0 Å². The Bertz CT molecular complexity index is 999. The van der Waals surface area contributed by atoms with E-state index >= 15 is 0 Å². The number of nitrogens with zero attached hydrogens (tertiary/aromatic N) is 2. The van der Waals surface area contributed by atoms with Crippen LogP contribution in [-0.4, -0.2) is 27.8 Å². The Balaban J connectivity index is 1.98. The summed E-state index contributed by atoms with van der Waals surface area (Å²) >= 11 is 0. The minimum Gasteiger partial charge on any atom is -0.462 e. The van der Waals surface area contributed by atoms with Gasteiger partial charge in [0.05, 0.1) is 5.41 Å². The molecule has 0 amide bonds. The molecule has 1 atom stereocenters. The molecule has 0 saturated carbocycles. The molecular formula is C26H25N3O2. The quantitative estimate of drug-likeness (QED) is 0.326. The molecule has 1 unspecified atom stereocenters. The predicted molar refractivity (Wildman–Crippen MR) is 120 cm³/mol. The number of aromatic amines is 1. The fourth-order valence-electron chi connectivity index (χ4n) is 4.29. The number of aryl methyl sites for hydroxylation is 1. The molecule has 3 aromatic carbocycles. The van der Waals surface area contributed by atoms with Crippen LogP contribution in [0.2, 0.25) is 0 Å². The topological polar surface area (TPSA) is 67.9 Å². The molecule has 5 heteroatoms. The molecule has 1 aromatic heterocycles. The summed E-state index contributed by atoms with van der Waals surface area (Å²) in [7, 11) is 0. The van der Waals surface area contributed by atoms with Gasteiger partial charge in [-0.2, -0.15) is 5.10 Å². The van der Waals surface area contributed by atoms with Gasteiger partial charge in [0.15, 0.2) is 0 Å². The molecule has 1 heterocycles. The Morgan fingerprint density at radius 1 is 0.871 bits per heavy atom. The number of ether oxygens (including phenoxy) is 1. The van der Waals surface area contributed by atoms with Gasteiger partial charge in [-0.3, -0.25) is 9.89 Å². The van der Waals surface area contributed by atoms with E-state index in [1.54, 1.807) is 0 Å². The summed E-state index contributed by atoms with van der Waals surface area (Å²) in [5, 5.41) is 7.28. The number of H-pyrrole nitrogens is 1. The van der Waals surface area contributed by atoms with Gasteiger partial charge in [-0.25, -0.2) is 4.98 Å². The summed E-state index contributed by atoms with van der Waals surface area (Å²) in [6.07, 6.45) is 0.580. The van der Waals surface area contributed by atoms with Crippen LogP contribution in [0.1, 0.15) is 35.3 Å². The molecule has 0 spiro atoms. The van der Waals surface area contributed by atoms with E-state index in [9.17, 15) is 4.79 Å². The van der Waals surface area contributed by atoms with Gasteiger partial charge in [-0.15, -0.1) is 0 Å². The van der Waals surface area contributed by atoms with Crippen molar-refractivity contribution in [3.63, 3.8) is 0 Å². The van der Waals surface area contributed by atoms with E-state index < -0.39 is 11.5 Å². The lowest BCUT2D eigenvalue weighted by Crippen LogP contribution is -2.45. The fraction of sp³-hybridized carbons (Fsp3) is 0.192. The van der Waals surface area contributed by atoms with Crippen molar-refractivity contribution in [1.29, 1.82) is 0 Å². The van der Waals surface area contributed by atoms with E-state index in [-0.39, 0.29) is 0 Å². The predicted octanol–water partition coefficient (Wildman–Crippen LogP) is 4.49. The van der Waals surface area contributed by atoms with E-state index in [1.807, 2.05) is 61.5 Å². The zero-order valence-corrected chi connectivity index (χ0v) is 17.4. The average Bonchev–Trinajstić information content (AvgIpc) is 3.30. The van der Waals surface area contributed by atoms with Crippen LogP contribution in [0.25, 0.3) is 0 Å². The van der Waals surface area contributed by atoms with E-state index in [0.29, 0.717) is 18.7 Å². The highest BCUT2D eigenvalue weighted by atomic mass is 16.5. The lowest BCUT2D eigenvalue weighted by atomic mass is 9.65. The van der Waals surface area contributed by atoms with Crippen molar-refractivity contribution < 1.29 is 9.53 Å². The molecule has 4 rings (SSSR count). The van der Waals surface area contributed by atoms with Crippen LogP contribution >= 0.6 is 0 Å². The number of hydrogen-bond donors (Lipinski definition) is 1. The molecule has 0 aliphatic heterocycles. The first kappa shape index (κ1) is 20.5. The summed E-state index contributed by atoms with van der Waals surface area (Å²) in [4.78, 5) is 16.3. The third-order valence-corrected chi connectivity index (χ3v) is 5.66. The molecule has 0 bridgehead atoms. The van der Waals surface area contributed by atoms with Crippen molar-refractivity contribution in [3.8, 4) is 0 Å². The third kappa shape index (κ3) is 3.99. The Morgan fingerprint density at radius 2 is 1.35 bits per heavy atom. The molecule has 0 aliphatic carbocycles. The molecule has 31 heavy (non-hydrogen) atoms. The van der Waals surface area contributed by atoms with Gasteiger partial charge in [-0.05, 0) is 16.7 Å². The summed E-state index contributed by atoms with van der Waals surface area (Å²) < 4.78 is 5.85. The summed E-state index contributed by atoms with van der Waals surface area (Å²) in [5.41, 5.74) is 2.38. The van der Waals surface area contributed by atoms with Crippen LogP contribution in [0.15, 0.2) is 91.0 Å². The maximum absolute atomic E-state index is 11.7.